The van der Waals surface area contributed by atoms with Gasteiger partial charge in [0.2, 0.25) is 5.88 Å². The lowest BCUT2D eigenvalue weighted by Crippen LogP contribution is -2.43. The highest BCUT2D eigenvalue weighted by Crippen LogP contribution is 2.35. The second-order valence-electron chi connectivity index (χ2n) is 12.6. The molecule has 3 aromatic rings. The van der Waals surface area contributed by atoms with E-state index in [2.05, 4.69) is 57.3 Å². The minimum absolute atomic E-state index is 0.0382. The zero-order valence-electron chi connectivity index (χ0n) is 27.5. The maximum atomic E-state index is 13.6. The van der Waals surface area contributed by atoms with Crippen molar-refractivity contribution in [3.63, 3.8) is 0 Å². The number of halogens is 1. The fraction of sp³-hybridized carbons (Fsp3) is 0.543. The molecule has 9 nitrogen and oxygen atoms in total. The molecule has 2 aliphatic rings. The predicted octanol–water partition coefficient (Wildman–Crippen LogP) is 6.29. The molecule has 1 saturated carbocycles. The first-order chi connectivity index (χ1) is 21.7. The van der Waals surface area contributed by atoms with Crippen LogP contribution in [0.1, 0.15) is 78.9 Å². The molecule has 244 valence electrons. The molecule has 0 spiro atoms. The quantitative estimate of drug-likeness (QED) is 0.256. The fourth-order valence-corrected chi connectivity index (χ4v) is 7.50. The zero-order valence-corrected chi connectivity index (χ0v) is 28.2. The van der Waals surface area contributed by atoms with E-state index in [-0.39, 0.29) is 18.3 Å². The Bertz CT molecular complexity index is 1460. The van der Waals surface area contributed by atoms with Crippen LogP contribution in [0.4, 0.5) is 11.5 Å². The van der Waals surface area contributed by atoms with E-state index in [1.165, 1.54) is 12.0 Å². The van der Waals surface area contributed by atoms with Crippen LogP contribution in [0.25, 0.3) is 0 Å². The van der Waals surface area contributed by atoms with Crippen LogP contribution < -0.4 is 19.9 Å². The Morgan fingerprint density at radius 2 is 1.82 bits per heavy atom. The van der Waals surface area contributed by atoms with E-state index in [0.717, 1.165) is 87.5 Å². The number of benzene rings is 2. The molecule has 1 amide bonds. The van der Waals surface area contributed by atoms with Gasteiger partial charge >= 0.3 is 0 Å². The van der Waals surface area contributed by atoms with Gasteiger partial charge in [0.25, 0.3) is 5.91 Å². The van der Waals surface area contributed by atoms with E-state index in [1.807, 2.05) is 26.1 Å². The minimum Gasteiger partial charge on any atom is -0.497 e. The van der Waals surface area contributed by atoms with Gasteiger partial charge in [-0.1, -0.05) is 23.7 Å². The van der Waals surface area contributed by atoms with E-state index in [1.54, 1.807) is 17.9 Å². The normalized spacial score (nSPS) is 18.7. The number of hydrogen-bond donors (Lipinski definition) is 2. The van der Waals surface area contributed by atoms with Crippen LogP contribution in [0.15, 0.2) is 36.4 Å². The molecule has 0 radical (unpaired) electrons. The molecule has 1 aromatic heterocycles. The van der Waals surface area contributed by atoms with Gasteiger partial charge in [0, 0.05) is 61.6 Å². The molecule has 1 saturated heterocycles. The van der Waals surface area contributed by atoms with Crippen LogP contribution in [0, 0.1) is 6.92 Å². The number of carbonyl (C=O) groups excluding carboxylic acids is 1. The summed E-state index contributed by atoms with van der Waals surface area (Å²) in [4.78, 5) is 20.8. The lowest BCUT2D eigenvalue weighted by molar-refractivity contribution is 0.0950. The number of methoxy groups -OCH3 is 1. The largest absolute Gasteiger partial charge is 0.497 e. The average Bonchev–Trinajstić information content (AvgIpc) is 3.34. The van der Waals surface area contributed by atoms with Gasteiger partial charge in [0.05, 0.1) is 19.2 Å². The monoisotopic (exact) mass is 636 g/mol. The van der Waals surface area contributed by atoms with Crippen molar-refractivity contribution in [3.05, 3.63) is 63.7 Å². The number of ether oxygens (including phenoxy) is 1. The minimum atomic E-state index is -0.206. The number of hydrogen-bond acceptors (Lipinski definition) is 7. The summed E-state index contributed by atoms with van der Waals surface area (Å²) in [5.41, 5.74) is 4.40. The number of nitrogens with one attached hydrogen (secondary N) is 1. The third-order valence-corrected chi connectivity index (χ3v) is 9.93. The van der Waals surface area contributed by atoms with Gasteiger partial charge in [-0.25, -0.2) is 4.68 Å². The Morgan fingerprint density at radius 3 is 2.51 bits per heavy atom. The number of rotatable bonds is 11. The lowest BCUT2D eigenvalue weighted by atomic mass is 9.88. The number of piperidine rings is 1. The predicted molar refractivity (Wildman–Crippen MR) is 182 cm³/mol. The van der Waals surface area contributed by atoms with Gasteiger partial charge in [0.15, 0.2) is 0 Å². The summed E-state index contributed by atoms with van der Waals surface area (Å²) >= 11 is 6.66. The van der Waals surface area contributed by atoms with E-state index in [0.29, 0.717) is 28.2 Å². The van der Waals surface area contributed by atoms with Crippen LogP contribution in [0.3, 0.4) is 0 Å². The molecular formula is C35H49ClN6O3. The molecule has 0 bridgehead atoms. The molecule has 2 N–H and O–H groups in total. The van der Waals surface area contributed by atoms with Crippen LogP contribution in [-0.4, -0.2) is 71.6 Å². The Morgan fingerprint density at radius 1 is 1.11 bits per heavy atom. The first kappa shape index (κ1) is 32.9. The number of nitrogens with zero attached hydrogens (tertiary/aromatic N) is 5. The molecule has 5 rings (SSSR count). The molecule has 1 aliphatic heterocycles. The highest BCUT2D eigenvalue weighted by Gasteiger charge is 2.30. The van der Waals surface area contributed by atoms with Gasteiger partial charge in [-0.15, -0.1) is 5.10 Å². The van der Waals surface area contributed by atoms with Crippen LogP contribution in [0.2, 0.25) is 5.02 Å². The summed E-state index contributed by atoms with van der Waals surface area (Å²) in [6.45, 7) is 7.95. The number of amides is 1. The van der Waals surface area contributed by atoms with E-state index in [4.69, 9.17) is 16.3 Å². The van der Waals surface area contributed by atoms with Gasteiger partial charge in [0.1, 0.15) is 11.6 Å². The molecule has 1 aliphatic carbocycles. The van der Waals surface area contributed by atoms with E-state index >= 15 is 0 Å². The highest BCUT2D eigenvalue weighted by molar-refractivity contribution is 6.31. The first-order valence-electron chi connectivity index (χ1n) is 16.4. The third-order valence-electron chi connectivity index (χ3n) is 9.71. The van der Waals surface area contributed by atoms with Crippen molar-refractivity contribution in [2.75, 3.05) is 43.6 Å². The number of aryl methyl sites for hydroxylation is 1. The molecular weight excluding hydrogens is 588 g/mol. The van der Waals surface area contributed by atoms with E-state index in [9.17, 15) is 9.90 Å². The summed E-state index contributed by atoms with van der Waals surface area (Å²) in [5.74, 6) is 1.52. The van der Waals surface area contributed by atoms with Crippen molar-refractivity contribution in [1.29, 1.82) is 0 Å². The molecule has 2 aromatic carbocycles. The maximum Gasteiger partial charge on any atom is 0.251 e. The Hall–Kier alpha value is -3.43. The lowest BCUT2D eigenvalue weighted by Gasteiger charge is -2.41. The van der Waals surface area contributed by atoms with Crippen LogP contribution >= 0.6 is 11.6 Å². The summed E-state index contributed by atoms with van der Waals surface area (Å²) in [6.07, 6.45) is 7.81. The number of aromatic nitrogens is 2. The first-order valence-corrected chi connectivity index (χ1v) is 16.8. The second kappa shape index (κ2) is 14.8. The smallest absolute Gasteiger partial charge is 0.251 e. The summed E-state index contributed by atoms with van der Waals surface area (Å²) < 4.78 is 7.13. The van der Waals surface area contributed by atoms with E-state index < -0.39 is 0 Å². The molecule has 2 heterocycles. The van der Waals surface area contributed by atoms with Crippen molar-refractivity contribution in [2.45, 2.75) is 84.0 Å². The third kappa shape index (κ3) is 7.52. The molecule has 2 fully saturated rings. The molecule has 0 atom stereocenters. The Balaban J connectivity index is 1.25. The van der Waals surface area contributed by atoms with Crippen molar-refractivity contribution in [2.24, 2.45) is 7.05 Å². The average molecular weight is 637 g/mol. The van der Waals surface area contributed by atoms with Gasteiger partial charge in [-0.05, 0) is 101 Å². The standard InChI is InChI=1S/C35H49ClN6O3/c1-6-42(28-15-13-27(14-16-28)39(3)23-25-11-10-12-29(19-25)45-5)32-21-26(36)20-30(24(32)2)33(43)37-22-31-34(44)38-40(4)35(31)41-17-8-7-9-18-41/h10-12,19-21,27-28H,6-9,13-18,22-23H2,1-5H3,(H,37,43)(H,38,44). The number of carbonyl (C=O) groups is 1. The molecule has 0 unspecified atom stereocenters. The van der Waals surface area contributed by atoms with Crippen molar-refractivity contribution < 1.29 is 14.6 Å². The maximum absolute atomic E-state index is 13.6. The van der Waals surface area contributed by atoms with Crippen LogP contribution in [-0.2, 0) is 20.1 Å². The van der Waals surface area contributed by atoms with Crippen molar-refractivity contribution in [1.82, 2.24) is 20.0 Å². The fourth-order valence-electron chi connectivity index (χ4n) is 7.29. The van der Waals surface area contributed by atoms with Crippen molar-refractivity contribution in [3.8, 4) is 11.6 Å². The van der Waals surface area contributed by atoms with Crippen molar-refractivity contribution >= 4 is 29.0 Å². The number of aromatic hydroxyl groups is 1. The van der Waals surface area contributed by atoms with Crippen LogP contribution in [0.5, 0.6) is 11.6 Å². The van der Waals surface area contributed by atoms with Gasteiger partial charge in [-0.3, -0.25) is 9.69 Å². The molecule has 10 heteroatoms. The van der Waals surface area contributed by atoms with Gasteiger partial charge < -0.3 is 25.0 Å². The second-order valence-corrected chi connectivity index (χ2v) is 13.0. The Kier molecular flexibility index (Phi) is 10.8. The SMILES string of the molecule is CCN(c1cc(Cl)cc(C(=O)NCc2c(O)nn(C)c2N2CCCCC2)c1C)C1CCC(N(C)Cc2cccc(OC)c2)CC1. The topological polar surface area (TPSA) is 86.1 Å². The summed E-state index contributed by atoms with van der Waals surface area (Å²) in [7, 11) is 5.77. The summed E-state index contributed by atoms with van der Waals surface area (Å²) in [5, 5.41) is 18.5. The highest BCUT2D eigenvalue weighted by atomic mass is 35.5. The van der Waals surface area contributed by atoms with Gasteiger partial charge in [-0.2, -0.15) is 0 Å². The zero-order chi connectivity index (χ0) is 32.1. The number of anilines is 2. The summed E-state index contributed by atoms with van der Waals surface area (Å²) in [6, 6.07) is 13.0. The molecule has 45 heavy (non-hydrogen) atoms. The Labute approximate surface area is 273 Å².